The molecule has 5 heteroatoms. The first kappa shape index (κ1) is 16.1. The van der Waals surface area contributed by atoms with Crippen molar-refractivity contribution in [1.82, 2.24) is 5.32 Å². The van der Waals surface area contributed by atoms with Gasteiger partial charge in [0.05, 0.1) is 0 Å². The molecule has 2 aromatic rings. The zero-order valence-corrected chi connectivity index (χ0v) is 13.2. The maximum absolute atomic E-state index is 12.0. The van der Waals surface area contributed by atoms with E-state index in [1.807, 2.05) is 54.6 Å². The fourth-order valence-electron chi connectivity index (χ4n) is 2.45. The molecule has 0 heterocycles. The van der Waals surface area contributed by atoms with E-state index < -0.39 is 17.3 Å². The minimum absolute atomic E-state index is 0.327. The summed E-state index contributed by atoms with van der Waals surface area (Å²) in [5, 5.41) is 11.8. The fraction of sp³-hybridized carbons (Fsp3) is 0.263. The summed E-state index contributed by atoms with van der Waals surface area (Å²) in [5.41, 5.74) is 0.759. The van der Waals surface area contributed by atoms with Crippen molar-refractivity contribution in [2.24, 2.45) is 5.41 Å². The second kappa shape index (κ2) is 6.74. The number of hydrogen-bond donors (Lipinski definition) is 2. The van der Waals surface area contributed by atoms with Crippen LogP contribution in [0.1, 0.15) is 24.0 Å². The molecule has 0 spiro atoms. The quantitative estimate of drug-likeness (QED) is 0.768. The molecule has 2 aromatic carbocycles. The zero-order chi connectivity index (χ0) is 17.0. The van der Waals surface area contributed by atoms with Crippen LogP contribution >= 0.6 is 0 Å². The second-order valence-corrected chi connectivity index (χ2v) is 5.99. The number of ether oxygens (including phenoxy) is 1. The molecular weight excluding hydrogens is 306 g/mol. The number of rotatable bonds is 7. The highest BCUT2D eigenvalue weighted by atomic mass is 16.5. The molecule has 0 bridgehead atoms. The number of carbonyl (C=O) groups is 2. The van der Waals surface area contributed by atoms with E-state index in [0.717, 1.165) is 16.9 Å². The molecule has 1 aliphatic carbocycles. The first-order valence-corrected chi connectivity index (χ1v) is 7.87. The smallest absolute Gasteiger partial charge is 0.319 e. The largest absolute Gasteiger partial charge is 0.489 e. The van der Waals surface area contributed by atoms with E-state index in [9.17, 15) is 9.59 Å². The van der Waals surface area contributed by atoms with Gasteiger partial charge in [-0.3, -0.25) is 9.59 Å². The molecule has 0 unspecified atom stereocenters. The number of carbonyl (C=O) groups excluding carboxylic acids is 1. The van der Waals surface area contributed by atoms with E-state index in [1.165, 1.54) is 0 Å². The Morgan fingerprint density at radius 2 is 1.62 bits per heavy atom. The maximum Gasteiger partial charge on any atom is 0.319 e. The minimum Gasteiger partial charge on any atom is -0.489 e. The lowest BCUT2D eigenvalue weighted by Crippen LogP contribution is -2.36. The summed E-state index contributed by atoms with van der Waals surface area (Å²) in [5.74, 6) is -0.614. The van der Waals surface area contributed by atoms with Gasteiger partial charge in [-0.2, -0.15) is 0 Å². The number of benzene rings is 2. The zero-order valence-electron chi connectivity index (χ0n) is 13.2. The predicted molar refractivity (Wildman–Crippen MR) is 88.4 cm³/mol. The van der Waals surface area contributed by atoms with Crippen molar-refractivity contribution in [3.05, 3.63) is 65.7 Å². The van der Waals surface area contributed by atoms with Gasteiger partial charge in [0.25, 0.3) is 0 Å². The summed E-state index contributed by atoms with van der Waals surface area (Å²) in [6.45, 7) is 0.798. The summed E-state index contributed by atoms with van der Waals surface area (Å²) in [4.78, 5) is 23.1. The lowest BCUT2D eigenvalue weighted by Gasteiger charge is -2.11. The molecular formula is C19H19NO4. The summed E-state index contributed by atoms with van der Waals surface area (Å²) < 4.78 is 5.67. The third kappa shape index (κ3) is 3.56. The topological polar surface area (TPSA) is 75.6 Å². The molecule has 24 heavy (non-hydrogen) atoms. The monoisotopic (exact) mass is 325 g/mol. The molecule has 0 atom stereocenters. The van der Waals surface area contributed by atoms with Crippen molar-refractivity contribution < 1.29 is 19.4 Å². The number of nitrogens with one attached hydrogen (secondary N) is 1. The Morgan fingerprint density at radius 3 is 2.21 bits per heavy atom. The van der Waals surface area contributed by atoms with Gasteiger partial charge < -0.3 is 15.2 Å². The maximum atomic E-state index is 12.0. The molecule has 0 radical (unpaired) electrons. The molecule has 3 rings (SSSR count). The Morgan fingerprint density at radius 1 is 1.00 bits per heavy atom. The van der Waals surface area contributed by atoms with E-state index in [2.05, 4.69) is 5.32 Å². The number of carboxylic acids is 1. The minimum atomic E-state index is -1.19. The van der Waals surface area contributed by atoms with Gasteiger partial charge in [-0.1, -0.05) is 42.5 Å². The SMILES string of the molecule is O=C(O)C1(C(=O)NCc2ccc(COc3ccccc3)cc2)CC1. The average Bonchev–Trinajstić information content (AvgIpc) is 3.42. The lowest BCUT2D eigenvalue weighted by molar-refractivity contribution is -0.149. The Labute approximate surface area is 140 Å². The first-order valence-electron chi connectivity index (χ1n) is 7.87. The molecule has 124 valence electrons. The molecule has 0 saturated heterocycles. The van der Waals surface area contributed by atoms with E-state index in [0.29, 0.717) is 26.0 Å². The Balaban J connectivity index is 1.50. The normalized spacial score (nSPS) is 14.7. The van der Waals surface area contributed by atoms with E-state index in [4.69, 9.17) is 9.84 Å². The molecule has 5 nitrogen and oxygen atoms in total. The number of aliphatic carboxylic acids is 1. The summed E-state index contributed by atoms with van der Waals surface area (Å²) >= 11 is 0. The highest BCUT2D eigenvalue weighted by Gasteiger charge is 2.56. The van der Waals surface area contributed by atoms with Crippen molar-refractivity contribution in [2.45, 2.75) is 26.0 Å². The van der Waals surface area contributed by atoms with Gasteiger partial charge >= 0.3 is 5.97 Å². The van der Waals surface area contributed by atoms with Crippen molar-refractivity contribution in [3.63, 3.8) is 0 Å². The molecule has 2 N–H and O–H groups in total. The summed E-state index contributed by atoms with van der Waals surface area (Å²) in [6, 6.07) is 17.3. The third-order valence-electron chi connectivity index (χ3n) is 4.22. The van der Waals surface area contributed by atoms with Crippen molar-refractivity contribution in [1.29, 1.82) is 0 Å². The van der Waals surface area contributed by atoms with Gasteiger partial charge in [0.1, 0.15) is 17.8 Å². The van der Waals surface area contributed by atoms with Crippen molar-refractivity contribution >= 4 is 11.9 Å². The molecule has 0 aliphatic heterocycles. The highest BCUT2D eigenvalue weighted by Crippen LogP contribution is 2.46. The van der Waals surface area contributed by atoms with Crippen LogP contribution in [-0.4, -0.2) is 17.0 Å². The summed E-state index contributed by atoms with van der Waals surface area (Å²) in [7, 11) is 0. The van der Waals surface area contributed by atoms with Gasteiger partial charge in [0, 0.05) is 6.54 Å². The summed E-state index contributed by atoms with van der Waals surface area (Å²) in [6.07, 6.45) is 0.841. The third-order valence-corrected chi connectivity index (χ3v) is 4.22. The highest BCUT2D eigenvalue weighted by molar-refractivity contribution is 6.04. The number of carboxylic acid groups (broad SMARTS) is 1. The van der Waals surface area contributed by atoms with Crippen LogP contribution in [0, 0.1) is 5.41 Å². The first-order chi connectivity index (χ1) is 11.6. The van der Waals surface area contributed by atoms with Crippen LogP contribution < -0.4 is 10.1 Å². The van der Waals surface area contributed by atoms with E-state index in [-0.39, 0.29) is 0 Å². The van der Waals surface area contributed by atoms with Crippen LogP contribution in [0.4, 0.5) is 0 Å². The van der Waals surface area contributed by atoms with Gasteiger partial charge in [-0.25, -0.2) is 0 Å². The Kier molecular flexibility index (Phi) is 4.51. The van der Waals surface area contributed by atoms with Crippen LogP contribution in [-0.2, 0) is 22.7 Å². The van der Waals surface area contributed by atoms with E-state index in [1.54, 1.807) is 0 Å². The predicted octanol–water partition coefficient (Wildman–Crippen LogP) is 2.75. The molecule has 0 aromatic heterocycles. The molecule has 1 aliphatic rings. The molecule has 1 amide bonds. The number of hydrogen-bond acceptors (Lipinski definition) is 3. The van der Waals surface area contributed by atoms with Gasteiger partial charge in [-0.05, 0) is 36.1 Å². The Hall–Kier alpha value is -2.82. The van der Waals surface area contributed by atoms with Crippen LogP contribution in [0.3, 0.4) is 0 Å². The van der Waals surface area contributed by atoms with Crippen LogP contribution in [0.15, 0.2) is 54.6 Å². The standard InChI is InChI=1S/C19H19NO4/c21-17(19(10-11-19)18(22)23)20-12-14-6-8-15(9-7-14)13-24-16-4-2-1-3-5-16/h1-9H,10-13H2,(H,20,21)(H,22,23). The van der Waals surface area contributed by atoms with Crippen LogP contribution in [0.25, 0.3) is 0 Å². The Bertz CT molecular complexity index is 721. The van der Waals surface area contributed by atoms with Crippen molar-refractivity contribution in [2.75, 3.05) is 0 Å². The number of para-hydroxylation sites is 1. The molecule has 1 fully saturated rings. The van der Waals surface area contributed by atoms with Gasteiger partial charge in [-0.15, -0.1) is 0 Å². The molecule has 1 saturated carbocycles. The van der Waals surface area contributed by atoms with Gasteiger partial charge in [0.2, 0.25) is 5.91 Å². The van der Waals surface area contributed by atoms with Crippen LogP contribution in [0.2, 0.25) is 0 Å². The fourth-order valence-corrected chi connectivity index (χ4v) is 2.45. The lowest BCUT2D eigenvalue weighted by atomic mass is 10.1. The van der Waals surface area contributed by atoms with E-state index >= 15 is 0 Å². The van der Waals surface area contributed by atoms with Crippen LogP contribution in [0.5, 0.6) is 5.75 Å². The van der Waals surface area contributed by atoms with Gasteiger partial charge in [0.15, 0.2) is 0 Å². The van der Waals surface area contributed by atoms with Crippen molar-refractivity contribution in [3.8, 4) is 5.75 Å². The second-order valence-electron chi connectivity index (χ2n) is 5.99. The average molecular weight is 325 g/mol. The number of amides is 1.